The lowest BCUT2D eigenvalue weighted by atomic mass is 9.95. The molecule has 1 saturated carbocycles. The molecule has 1 heterocycles. The van der Waals surface area contributed by atoms with Crippen molar-refractivity contribution in [2.45, 2.75) is 44.6 Å². The van der Waals surface area contributed by atoms with Crippen LogP contribution in [0.1, 0.15) is 59.2 Å². The zero-order valence-electron chi connectivity index (χ0n) is 15.0. The number of carboxylic acids is 2. The number of carbonyl (C=O) groups excluding carboxylic acids is 2. The number of nitrogens with zero attached hydrogens (tertiary/aromatic N) is 1. The third kappa shape index (κ3) is 5.29. The van der Waals surface area contributed by atoms with Gasteiger partial charge in [-0.3, -0.25) is 4.79 Å². The van der Waals surface area contributed by atoms with E-state index in [1.807, 2.05) is 0 Å². The van der Waals surface area contributed by atoms with Gasteiger partial charge in [0.25, 0.3) is 0 Å². The van der Waals surface area contributed by atoms with Crippen LogP contribution in [0.15, 0.2) is 24.3 Å². The number of hydrogen-bond acceptors (Lipinski definition) is 4. The van der Waals surface area contributed by atoms with Crippen molar-refractivity contribution in [2.75, 3.05) is 6.54 Å². The lowest BCUT2D eigenvalue weighted by Crippen LogP contribution is -2.45. The Bertz CT molecular complexity index is 697. The summed E-state index contributed by atoms with van der Waals surface area (Å²) in [6, 6.07) is 4.54. The highest BCUT2D eigenvalue weighted by Crippen LogP contribution is 2.30. The van der Waals surface area contributed by atoms with Crippen LogP contribution >= 0.6 is 0 Å². The predicted octanol–water partition coefficient (Wildman–Crippen LogP) is 2.37. The van der Waals surface area contributed by atoms with Crippen LogP contribution in [0.4, 0.5) is 4.79 Å². The van der Waals surface area contributed by atoms with Gasteiger partial charge in [0.2, 0.25) is 0 Å². The number of nitrogens with two attached hydrogens (primary N) is 1. The number of hydrogen-bond donors (Lipinski definition) is 3. The van der Waals surface area contributed by atoms with E-state index in [2.05, 4.69) is 0 Å². The van der Waals surface area contributed by atoms with Gasteiger partial charge in [0, 0.05) is 12.5 Å². The minimum atomic E-state index is -1.13. The third-order valence-electron chi connectivity index (χ3n) is 4.98. The van der Waals surface area contributed by atoms with Gasteiger partial charge in [-0.1, -0.05) is 18.9 Å². The van der Waals surface area contributed by atoms with Gasteiger partial charge in [-0.2, -0.15) is 0 Å². The molecule has 1 aromatic carbocycles. The van der Waals surface area contributed by atoms with Gasteiger partial charge in [0.05, 0.1) is 17.2 Å². The summed E-state index contributed by atoms with van der Waals surface area (Å²) in [5.74, 6) is -1.81. The molecule has 0 radical (unpaired) electrons. The Labute approximate surface area is 157 Å². The summed E-state index contributed by atoms with van der Waals surface area (Å²) in [6.07, 6.45) is 6.02. The molecule has 8 heteroatoms. The van der Waals surface area contributed by atoms with E-state index in [4.69, 9.17) is 15.9 Å². The zero-order valence-corrected chi connectivity index (χ0v) is 15.0. The Balaban J connectivity index is 0.000000199. The van der Waals surface area contributed by atoms with Crippen LogP contribution in [0.5, 0.6) is 0 Å². The van der Waals surface area contributed by atoms with Gasteiger partial charge in [-0.15, -0.1) is 0 Å². The number of Topliss-reactive ketones (excluding diaryl/α,β-unsaturated/α-hetero) is 1. The number of carboxylic acid groups (broad SMARTS) is 2. The third-order valence-corrected chi connectivity index (χ3v) is 4.98. The van der Waals surface area contributed by atoms with Gasteiger partial charge >= 0.3 is 18.0 Å². The number of urea groups is 1. The summed E-state index contributed by atoms with van der Waals surface area (Å²) in [5, 5.41) is 17.0. The Morgan fingerprint density at radius 1 is 0.926 bits per heavy atom. The molecule has 27 heavy (non-hydrogen) atoms. The SMILES string of the molecule is NC(=O)N1CCC[C@H]1C(=O)C1CCCC1.O=C(O)c1cccc(C(=O)O)c1. The first-order valence-electron chi connectivity index (χ1n) is 8.97. The second-order valence-corrected chi connectivity index (χ2v) is 6.76. The standard InChI is InChI=1S/C11H18N2O2.C8H6O4/c12-11(15)13-7-3-6-9(13)10(14)8-4-1-2-5-8;9-7(10)5-2-1-3-6(4-5)8(11)12/h8-9H,1-7H2,(H2,12,15);1-4H,(H,9,10)(H,11,12)/t9-;/m0./s1. The summed E-state index contributed by atoms with van der Waals surface area (Å²) >= 11 is 0. The molecule has 1 aliphatic heterocycles. The van der Waals surface area contributed by atoms with E-state index >= 15 is 0 Å². The molecule has 1 aromatic rings. The van der Waals surface area contributed by atoms with E-state index in [-0.39, 0.29) is 28.9 Å². The van der Waals surface area contributed by atoms with Crippen LogP contribution in [0, 0.1) is 5.92 Å². The van der Waals surface area contributed by atoms with Crippen LogP contribution in [-0.4, -0.2) is 51.5 Å². The largest absolute Gasteiger partial charge is 0.478 e. The van der Waals surface area contributed by atoms with E-state index < -0.39 is 18.0 Å². The topological polar surface area (TPSA) is 138 Å². The molecular weight excluding hydrogens is 352 g/mol. The summed E-state index contributed by atoms with van der Waals surface area (Å²) < 4.78 is 0. The highest BCUT2D eigenvalue weighted by molar-refractivity contribution is 5.93. The highest BCUT2D eigenvalue weighted by Gasteiger charge is 2.37. The predicted molar refractivity (Wildman–Crippen MR) is 96.6 cm³/mol. The fourth-order valence-electron chi connectivity index (χ4n) is 3.59. The number of aromatic carboxylic acids is 2. The number of ketones is 1. The van der Waals surface area contributed by atoms with Crippen LogP contribution in [0.25, 0.3) is 0 Å². The number of amides is 2. The molecule has 2 amide bonds. The lowest BCUT2D eigenvalue weighted by Gasteiger charge is -2.23. The maximum atomic E-state index is 12.1. The van der Waals surface area contributed by atoms with Gasteiger partial charge in [-0.25, -0.2) is 14.4 Å². The molecule has 4 N–H and O–H groups in total. The molecule has 8 nitrogen and oxygen atoms in total. The average Bonchev–Trinajstić information content (AvgIpc) is 3.33. The molecule has 3 rings (SSSR count). The van der Waals surface area contributed by atoms with Gasteiger partial charge in [0.1, 0.15) is 0 Å². The van der Waals surface area contributed by atoms with Gasteiger partial charge in [-0.05, 0) is 43.9 Å². The second kappa shape index (κ2) is 9.16. The van der Waals surface area contributed by atoms with Crippen LogP contribution < -0.4 is 5.73 Å². The Morgan fingerprint density at radius 2 is 1.48 bits per heavy atom. The van der Waals surface area contributed by atoms with E-state index in [9.17, 15) is 19.2 Å². The van der Waals surface area contributed by atoms with Crippen molar-refractivity contribution in [1.29, 1.82) is 0 Å². The molecule has 1 aliphatic carbocycles. The summed E-state index contributed by atoms with van der Waals surface area (Å²) in [6.45, 7) is 0.651. The number of rotatable bonds is 4. The Kier molecular flexibility index (Phi) is 6.92. The molecule has 0 aromatic heterocycles. The summed E-state index contributed by atoms with van der Waals surface area (Å²) in [5.41, 5.74) is 5.22. The van der Waals surface area contributed by atoms with E-state index in [0.29, 0.717) is 6.54 Å². The first-order chi connectivity index (χ1) is 12.8. The molecule has 1 atom stereocenters. The number of likely N-dealkylation sites (tertiary alicyclic amines) is 1. The van der Waals surface area contributed by atoms with Crippen LogP contribution in [0.2, 0.25) is 0 Å². The molecule has 1 saturated heterocycles. The van der Waals surface area contributed by atoms with Gasteiger partial charge in [0.15, 0.2) is 5.78 Å². The van der Waals surface area contributed by atoms with Gasteiger partial charge < -0.3 is 20.8 Å². The maximum absolute atomic E-state index is 12.1. The van der Waals surface area contributed by atoms with Crippen molar-refractivity contribution in [2.24, 2.45) is 11.7 Å². The minimum Gasteiger partial charge on any atom is -0.478 e. The van der Waals surface area contributed by atoms with Crippen LogP contribution in [-0.2, 0) is 4.79 Å². The quantitative estimate of drug-likeness (QED) is 0.737. The smallest absolute Gasteiger partial charge is 0.335 e. The average molecular weight is 376 g/mol. The molecule has 0 spiro atoms. The van der Waals surface area contributed by atoms with Crippen molar-refractivity contribution < 1.29 is 29.4 Å². The van der Waals surface area contributed by atoms with E-state index in [0.717, 1.165) is 44.6 Å². The minimum absolute atomic E-state index is 0.0186. The Hall–Kier alpha value is -2.90. The van der Waals surface area contributed by atoms with E-state index in [1.165, 1.54) is 18.2 Å². The van der Waals surface area contributed by atoms with Crippen molar-refractivity contribution in [1.82, 2.24) is 4.90 Å². The zero-order chi connectivity index (χ0) is 20.0. The Morgan fingerprint density at radius 3 is 1.96 bits per heavy atom. The van der Waals surface area contributed by atoms with Crippen molar-refractivity contribution in [3.8, 4) is 0 Å². The van der Waals surface area contributed by atoms with Crippen molar-refractivity contribution in [3.05, 3.63) is 35.4 Å². The normalized spacial score (nSPS) is 19.3. The van der Waals surface area contributed by atoms with Crippen molar-refractivity contribution in [3.63, 3.8) is 0 Å². The first-order valence-corrected chi connectivity index (χ1v) is 8.97. The van der Waals surface area contributed by atoms with E-state index in [1.54, 1.807) is 4.90 Å². The summed E-state index contributed by atoms with van der Waals surface area (Å²) in [4.78, 5) is 45.5. The fourth-order valence-corrected chi connectivity index (χ4v) is 3.59. The molecule has 0 bridgehead atoms. The molecular formula is C19H24N2O6. The first kappa shape index (κ1) is 20.4. The lowest BCUT2D eigenvalue weighted by molar-refractivity contribution is -0.126. The maximum Gasteiger partial charge on any atom is 0.335 e. The monoisotopic (exact) mass is 376 g/mol. The number of carbonyl (C=O) groups is 4. The molecule has 146 valence electrons. The second-order valence-electron chi connectivity index (χ2n) is 6.76. The molecule has 2 fully saturated rings. The molecule has 0 unspecified atom stereocenters. The van der Waals surface area contributed by atoms with Crippen LogP contribution in [0.3, 0.4) is 0 Å². The van der Waals surface area contributed by atoms with Crippen molar-refractivity contribution >= 4 is 23.8 Å². The highest BCUT2D eigenvalue weighted by atomic mass is 16.4. The fraction of sp³-hybridized carbons (Fsp3) is 0.474. The number of primary amides is 1. The molecule has 2 aliphatic rings. The number of benzene rings is 1. The summed E-state index contributed by atoms with van der Waals surface area (Å²) in [7, 11) is 0.